The molecule has 122 valence electrons. The summed E-state index contributed by atoms with van der Waals surface area (Å²) in [6.45, 7) is 8.49. The summed E-state index contributed by atoms with van der Waals surface area (Å²) in [4.78, 5) is 2.51. The summed E-state index contributed by atoms with van der Waals surface area (Å²) >= 11 is 0. The largest absolute Gasteiger partial charge is 0.508 e. The summed E-state index contributed by atoms with van der Waals surface area (Å²) in [5, 5.41) is 13.6. The fourth-order valence-electron chi connectivity index (χ4n) is 2.86. The Labute approximate surface area is 140 Å². The second-order valence-electron chi connectivity index (χ2n) is 5.51. The maximum Gasteiger partial charge on any atom is 0.120 e. The van der Waals surface area contributed by atoms with E-state index in [0.29, 0.717) is 11.8 Å². The summed E-state index contributed by atoms with van der Waals surface area (Å²) < 4.78 is 0. The first-order valence-corrected chi connectivity index (χ1v) is 7.46. The van der Waals surface area contributed by atoms with Crippen LogP contribution in [0.5, 0.6) is 5.75 Å². The van der Waals surface area contributed by atoms with E-state index in [4.69, 9.17) is 0 Å². The molecular formula is C16H28Cl2N2O. The molecule has 2 rings (SSSR count). The predicted molar refractivity (Wildman–Crippen MR) is 94.0 cm³/mol. The number of halogens is 2. The van der Waals surface area contributed by atoms with Crippen LogP contribution in [0.25, 0.3) is 0 Å². The highest BCUT2D eigenvalue weighted by Crippen LogP contribution is 2.33. The van der Waals surface area contributed by atoms with Gasteiger partial charge in [-0.15, -0.1) is 24.8 Å². The number of benzene rings is 1. The monoisotopic (exact) mass is 334 g/mol. The van der Waals surface area contributed by atoms with Crippen LogP contribution in [0.1, 0.15) is 43.4 Å². The smallest absolute Gasteiger partial charge is 0.120 e. The third-order valence-electron chi connectivity index (χ3n) is 3.97. The van der Waals surface area contributed by atoms with Gasteiger partial charge in [-0.05, 0) is 25.0 Å². The van der Waals surface area contributed by atoms with Crippen molar-refractivity contribution in [2.24, 2.45) is 0 Å². The number of hydrogen-bond acceptors (Lipinski definition) is 3. The van der Waals surface area contributed by atoms with Crippen molar-refractivity contribution in [1.82, 2.24) is 10.2 Å². The Hall–Kier alpha value is -0.480. The van der Waals surface area contributed by atoms with Crippen LogP contribution in [0, 0.1) is 6.92 Å². The lowest BCUT2D eigenvalue weighted by Gasteiger charge is -2.35. The minimum atomic E-state index is 0. The number of nitrogens with one attached hydrogen (secondary N) is 1. The normalized spacial score (nSPS) is 16.7. The molecule has 1 aliphatic rings. The highest BCUT2D eigenvalue weighted by atomic mass is 35.5. The van der Waals surface area contributed by atoms with Gasteiger partial charge in [0.05, 0.1) is 0 Å². The van der Waals surface area contributed by atoms with Gasteiger partial charge in [-0.25, -0.2) is 0 Å². The maximum absolute atomic E-state index is 10.2. The molecule has 21 heavy (non-hydrogen) atoms. The molecule has 0 aliphatic carbocycles. The molecule has 1 fully saturated rings. The third-order valence-corrected chi connectivity index (χ3v) is 3.97. The average Bonchev–Trinajstić information content (AvgIpc) is 2.42. The van der Waals surface area contributed by atoms with E-state index in [1.807, 2.05) is 13.0 Å². The molecule has 3 nitrogen and oxygen atoms in total. The number of nitrogens with zero attached hydrogens (tertiary/aromatic N) is 1. The molecule has 1 atom stereocenters. The summed E-state index contributed by atoms with van der Waals surface area (Å²) in [6.07, 6.45) is 3.55. The minimum absolute atomic E-state index is 0. The van der Waals surface area contributed by atoms with E-state index in [2.05, 4.69) is 29.3 Å². The first-order valence-electron chi connectivity index (χ1n) is 7.46. The second-order valence-corrected chi connectivity index (χ2v) is 5.51. The summed E-state index contributed by atoms with van der Waals surface area (Å²) in [7, 11) is 0. The maximum atomic E-state index is 10.2. The molecule has 1 heterocycles. The highest BCUT2D eigenvalue weighted by molar-refractivity contribution is 5.85. The molecular weight excluding hydrogens is 307 g/mol. The van der Waals surface area contributed by atoms with Gasteiger partial charge in [0.2, 0.25) is 0 Å². The number of piperazine rings is 1. The van der Waals surface area contributed by atoms with Gasteiger partial charge in [0, 0.05) is 37.8 Å². The zero-order valence-corrected chi connectivity index (χ0v) is 14.6. The fraction of sp³-hybridized carbons (Fsp3) is 0.625. The van der Waals surface area contributed by atoms with Gasteiger partial charge < -0.3 is 10.4 Å². The molecule has 1 aromatic rings. The van der Waals surface area contributed by atoms with Crippen molar-refractivity contribution in [2.45, 2.75) is 39.2 Å². The molecule has 2 N–H and O–H groups in total. The Kier molecular flexibility index (Phi) is 10.0. The van der Waals surface area contributed by atoms with Crippen molar-refractivity contribution in [3.63, 3.8) is 0 Å². The SMILES string of the molecule is CCCC[C@H](c1ccc(C)cc1O)N1CCNCC1.Cl.Cl. The van der Waals surface area contributed by atoms with Crippen LogP contribution in [0.3, 0.4) is 0 Å². The molecule has 1 saturated heterocycles. The van der Waals surface area contributed by atoms with Gasteiger partial charge in [0.25, 0.3) is 0 Å². The van der Waals surface area contributed by atoms with Crippen LogP contribution in [-0.4, -0.2) is 36.2 Å². The molecule has 1 aromatic carbocycles. The van der Waals surface area contributed by atoms with Gasteiger partial charge in [0.15, 0.2) is 0 Å². The number of aromatic hydroxyl groups is 1. The van der Waals surface area contributed by atoms with Crippen LogP contribution in [0.2, 0.25) is 0 Å². The van der Waals surface area contributed by atoms with Crippen LogP contribution < -0.4 is 5.32 Å². The Morgan fingerprint density at radius 3 is 2.48 bits per heavy atom. The summed E-state index contributed by atoms with van der Waals surface area (Å²) in [5.74, 6) is 0.458. The Morgan fingerprint density at radius 2 is 1.90 bits per heavy atom. The zero-order valence-electron chi connectivity index (χ0n) is 13.0. The van der Waals surface area contributed by atoms with E-state index < -0.39 is 0 Å². The van der Waals surface area contributed by atoms with Gasteiger partial charge in [0.1, 0.15) is 5.75 Å². The minimum Gasteiger partial charge on any atom is -0.508 e. The molecule has 0 saturated carbocycles. The van der Waals surface area contributed by atoms with Crippen molar-refractivity contribution in [3.8, 4) is 5.75 Å². The molecule has 5 heteroatoms. The first-order chi connectivity index (χ1) is 9.22. The quantitative estimate of drug-likeness (QED) is 0.862. The lowest BCUT2D eigenvalue weighted by atomic mass is 9.97. The van der Waals surface area contributed by atoms with Crippen molar-refractivity contribution < 1.29 is 5.11 Å². The van der Waals surface area contributed by atoms with E-state index >= 15 is 0 Å². The number of aryl methyl sites for hydroxylation is 1. The number of phenolic OH excluding ortho intramolecular Hbond substituents is 1. The zero-order chi connectivity index (χ0) is 13.7. The Bertz CT molecular complexity index is 409. The molecule has 0 unspecified atom stereocenters. The topological polar surface area (TPSA) is 35.5 Å². The second kappa shape index (κ2) is 10.3. The van der Waals surface area contributed by atoms with Crippen LogP contribution >= 0.6 is 24.8 Å². The standard InChI is InChI=1S/C16H26N2O.2ClH/c1-3-4-5-15(18-10-8-17-9-11-18)14-7-6-13(2)12-16(14)19;;/h6-7,12,15,17,19H,3-5,8-11H2,1-2H3;2*1H/t15-;;/m1../s1. The van der Waals surface area contributed by atoms with Gasteiger partial charge in [-0.1, -0.05) is 31.9 Å². The predicted octanol–water partition coefficient (Wildman–Crippen LogP) is 3.68. The molecule has 0 amide bonds. The molecule has 0 radical (unpaired) electrons. The molecule has 0 bridgehead atoms. The summed E-state index contributed by atoms with van der Waals surface area (Å²) in [5.41, 5.74) is 2.22. The highest BCUT2D eigenvalue weighted by Gasteiger charge is 2.23. The van der Waals surface area contributed by atoms with E-state index in [1.165, 1.54) is 12.8 Å². The van der Waals surface area contributed by atoms with Gasteiger partial charge in [-0.2, -0.15) is 0 Å². The summed E-state index contributed by atoms with van der Waals surface area (Å²) in [6, 6.07) is 6.46. The Balaban J connectivity index is 0.00000200. The molecule has 1 aliphatic heterocycles. The first kappa shape index (κ1) is 20.5. The van der Waals surface area contributed by atoms with E-state index in [9.17, 15) is 5.11 Å². The Morgan fingerprint density at radius 1 is 1.24 bits per heavy atom. The van der Waals surface area contributed by atoms with E-state index in [0.717, 1.165) is 43.7 Å². The number of unbranched alkanes of at least 4 members (excludes halogenated alkanes) is 1. The third kappa shape index (κ3) is 5.67. The number of hydrogen-bond donors (Lipinski definition) is 2. The number of phenols is 1. The van der Waals surface area contributed by atoms with Gasteiger partial charge >= 0.3 is 0 Å². The van der Waals surface area contributed by atoms with Crippen molar-refractivity contribution in [3.05, 3.63) is 29.3 Å². The van der Waals surface area contributed by atoms with Crippen LogP contribution in [-0.2, 0) is 0 Å². The van der Waals surface area contributed by atoms with Gasteiger partial charge in [-0.3, -0.25) is 4.90 Å². The molecule has 0 aromatic heterocycles. The van der Waals surface area contributed by atoms with Crippen molar-refractivity contribution in [1.29, 1.82) is 0 Å². The van der Waals surface area contributed by atoms with Crippen molar-refractivity contribution in [2.75, 3.05) is 26.2 Å². The number of rotatable bonds is 5. The fourth-order valence-corrected chi connectivity index (χ4v) is 2.86. The lowest BCUT2D eigenvalue weighted by Crippen LogP contribution is -2.45. The van der Waals surface area contributed by atoms with Crippen LogP contribution in [0.15, 0.2) is 18.2 Å². The van der Waals surface area contributed by atoms with E-state index in [1.54, 1.807) is 0 Å². The molecule has 0 spiro atoms. The van der Waals surface area contributed by atoms with Crippen molar-refractivity contribution >= 4 is 24.8 Å². The van der Waals surface area contributed by atoms with Crippen LogP contribution in [0.4, 0.5) is 0 Å². The lowest BCUT2D eigenvalue weighted by molar-refractivity contribution is 0.160. The van der Waals surface area contributed by atoms with E-state index in [-0.39, 0.29) is 24.8 Å². The average molecular weight is 335 g/mol.